The molecule has 0 fully saturated rings. The van der Waals surface area contributed by atoms with E-state index in [0.29, 0.717) is 16.3 Å². The largest absolute Gasteiger partial charge is 0.399 e. The van der Waals surface area contributed by atoms with Crippen LogP contribution in [0, 0.1) is 0 Å². The maximum Gasteiger partial charge on any atom is 0.390 e. The van der Waals surface area contributed by atoms with E-state index in [2.05, 4.69) is 15.5 Å². The molecule has 0 aliphatic heterocycles. The number of nitrogens with two attached hydrogens (primary N) is 1. The molecule has 0 aliphatic carbocycles. The third-order valence-corrected chi connectivity index (χ3v) is 2.54. The molecule has 0 radical (unpaired) electrons. The topological polar surface area (TPSA) is 69.6 Å². The number of hydrogen-bond donors (Lipinski definition) is 1. The molecule has 0 atom stereocenters. The van der Waals surface area contributed by atoms with E-state index in [4.69, 9.17) is 17.3 Å². The van der Waals surface area contributed by atoms with Crippen LogP contribution in [0.3, 0.4) is 0 Å². The van der Waals surface area contributed by atoms with Gasteiger partial charge in [-0.3, -0.25) is 0 Å². The van der Waals surface area contributed by atoms with E-state index < -0.39 is 12.6 Å². The minimum Gasteiger partial charge on any atom is -0.399 e. The van der Waals surface area contributed by atoms with Crippen LogP contribution in [0.4, 0.5) is 18.9 Å². The van der Waals surface area contributed by atoms with Crippen molar-refractivity contribution in [3.63, 3.8) is 0 Å². The number of halogens is 4. The van der Waals surface area contributed by atoms with Gasteiger partial charge in [-0.25, -0.2) is 4.68 Å². The lowest BCUT2D eigenvalue weighted by molar-refractivity contribution is -0.137. The summed E-state index contributed by atoms with van der Waals surface area (Å²) >= 11 is 5.83. The Morgan fingerprint density at radius 3 is 2.63 bits per heavy atom. The molecule has 1 aromatic heterocycles. The summed E-state index contributed by atoms with van der Waals surface area (Å²) in [7, 11) is 0. The summed E-state index contributed by atoms with van der Waals surface area (Å²) in [6, 6.07) is 4.60. The maximum atomic E-state index is 12.2. The summed E-state index contributed by atoms with van der Waals surface area (Å²) in [5.41, 5.74) is 6.47. The third kappa shape index (κ3) is 3.57. The molecule has 1 aromatic carbocycles. The molecule has 0 aliphatic rings. The van der Waals surface area contributed by atoms with Crippen molar-refractivity contribution in [2.45, 2.75) is 19.1 Å². The highest BCUT2D eigenvalue weighted by Crippen LogP contribution is 2.25. The number of aryl methyl sites for hydroxylation is 1. The van der Waals surface area contributed by atoms with Crippen LogP contribution >= 0.6 is 11.6 Å². The Balaban J connectivity index is 2.28. The molecular formula is C10H9ClF3N5. The van der Waals surface area contributed by atoms with Gasteiger partial charge in [0.2, 0.25) is 0 Å². The third-order valence-electron chi connectivity index (χ3n) is 2.32. The van der Waals surface area contributed by atoms with Crippen LogP contribution in [0.2, 0.25) is 5.02 Å². The highest BCUT2D eigenvalue weighted by Gasteiger charge is 2.27. The van der Waals surface area contributed by atoms with Crippen molar-refractivity contribution in [1.82, 2.24) is 20.2 Å². The predicted octanol–water partition coefficient (Wildman–Crippen LogP) is 2.53. The van der Waals surface area contributed by atoms with E-state index in [1.807, 2.05) is 0 Å². The van der Waals surface area contributed by atoms with Gasteiger partial charge in [0.05, 0.1) is 13.0 Å². The Morgan fingerprint density at radius 2 is 2.00 bits per heavy atom. The van der Waals surface area contributed by atoms with E-state index >= 15 is 0 Å². The first-order valence-corrected chi connectivity index (χ1v) is 5.62. The Morgan fingerprint density at radius 1 is 1.26 bits per heavy atom. The van der Waals surface area contributed by atoms with Crippen molar-refractivity contribution in [2.75, 3.05) is 5.73 Å². The fourth-order valence-electron chi connectivity index (χ4n) is 1.54. The van der Waals surface area contributed by atoms with Gasteiger partial charge < -0.3 is 5.73 Å². The normalized spacial score (nSPS) is 11.8. The van der Waals surface area contributed by atoms with Gasteiger partial charge in [-0.05, 0) is 28.6 Å². The Bertz CT molecular complexity index is 561. The fraction of sp³-hybridized carbons (Fsp3) is 0.300. The molecule has 5 nitrogen and oxygen atoms in total. The zero-order chi connectivity index (χ0) is 14.0. The molecule has 0 unspecified atom stereocenters. The Hall–Kier alpha value is -1.83. The molecule has 19 heavy (non-hydrogen) atoms. The molecule has 2 N–H and O–H groups in total. The summed E-state index contributed by atoms with van der Waals surface area (Å²) in [6.07, 6.45) is -5.28. The maximum absolute atomic E-state index is 12.2. The quantitative estimate of drug-likeness (QED) is 0.882. The first kappa shape index (κ1) is 13.6. The Labute approximate surface area is 111 Å². The summed E-state index contributed by atoms with van der Waals surface area (Å²) in [4.78, 5) is 0. The van der Waals surface area contributed by atoms with Crippen molar-refractivity contribution in [3.05, 3.63) is 23.2 Å². The molecule has 1 heterocycles. The first-order chi connectivity index (χ1) is 8.85. The molecule has 0 amide bonds. The molecule has 0 bridgehead atoms. The molecule has 2 rings (SSSR count). The number of rotatable bonds is 3. The van der Waals surface area contributed by atoms with Gasteiger partial charge in [-0.1, -0.05) is 11.6 Å². The van der Waals surface area contributed by atoms with Crippen molar-refractivity contribution >= 4 is 17.3 Å². The Kier molecular flexibility index (Phi) is 3.61. The van der Waals surface area contributed by atoms with E-state index in [9.17, 15) is 13.2 Å². The number of tetrazole rings is 1. The van der Waals surface area contributed by atoms with Gasteiger partial charge in [0.1, 0.15) is 0 Å². The number of nitrogens with zero attached hydrogens (tertiary/aromatic N) is 4. The van der Waals surface area contributed by atoms with Crippen LogP contribution in [0.25, 0.3) is 11.4 Å². The molecular weight excluding hydrogens is 283 g/mol. The van der Waals surface area contributed by atoms with Crippen LogP contribution in [-0.2, 0) is 6.54 Å². The number of benzene rings is 1. The van der Waals surface area contributed by atoms with Crippen LogP contribution in [0.5, 0.6) is 0 Å². The minimum absolute atomic E-state index is 0.193. The SMILES string of the molecule is Nc1cc(Cl)cc(-c2nnnn2CCC(F)(F)F)c1. The van der Waals surface area contributed by atoms with Crippen LogP contribution in [-0.4, -0.2) is 26.4 Å². The highest BCUT2D eigenvalue weighted by molar-refractivity contribution is 6.31. The fourth-order valence-corrected chi connectivity index (χ4v) is 1.78. The molecule has 9 heteroatoms. The van der Waals surface area contributed by atoms with Crippen molar-refractivity contribution in [3.8, 4) is 11.4 Å². The second kappa shape index (κ2) is 5.04. The lowest BCUT2D eigenvalue weighted by atomic mass is 10.2. The number of hydrogen-bond acceptors (Lipinski definition) is 4. The van der Waals surface area contributed by atoms with Gasteiger partial charge in [0, 0.05) is 16.3 Å². The van der Waals surface area contributed by atoms with Crippen molar-refractivity contribution in [1.29, 1.82) is 0 Å². The summed E-state index contributed by atoms with van der Waals surface area (Å²) in [5, 5.41) is 10.9. The molecule has 102 valence electrons. The van der Waals surface area contributed by atoms with Crippen molar-refractivity contribution < 1.29 is 13.2 Å². The molecule has 0 spiro atoms. The van der Waals surface area contributed by atoms with E-state index in [0.717, 1.165) is 4.68 Å². The van der Waals surface area contributed by atoms with Gasteiger partial charge in [0.15, 0.2) is 5.82 Å². The molecule has 2 aromatic rings. The zero-order valence-corrected chi connectivity index (χ0v) is 10.3. The standard InChI is InChI=1S/C10H9ClF3N5/c11-7-3-6(4-8(15)5-7)9-16-17-18-19(9)2-1-10(12,13)14/h3-5H,1-2,15H2. The first-order valence-electron chi connectivity index (χ1n) is 5.24. The minimum atomic E-state index is -4.27. The van der Waals surface area contributed by atoms with E-state index in [1.165, 1.54) is 12.1 Å². The smallest absolute Gasteiger partial charge is 0.390 e. The van der Waals surface area contributed by atoms with Crippen LogP contribution in [0.1, 0.15) is 6.42 Å². The number of anilines is 1. The van der Waals surface area contributed by atoms with E-state index in [-0.39, 0.29) is 12.4 Å². The van der Waals surface area contributed by atoms with E-state index in [1.54, 1.807) is 6.07 Å². The number of aromatic nitrogens is 4. The van der Waals surface area contributed by atoms with Gasteiger partial charge in [-0.15, -0.1) is 5.10 Å². The second-order valence-electron chi connectivity index (χ2n) is 3.86. The highest BCUT2D eigenvalue weighted by atomic mass is 35.5. The average molecular weight is 292 g/mol. The summed E-state index contributed by atoms with van der Waals surface area (Å²) in [6.45, 7) is -0.363. The average Bonchev–Trinajstić information content (AvgIpc) is 2.72. The van der Waals surface area contributed by atoms with Gasteiger partial charge >= 0.3 is 6.18 Å². The van der Waals surface area contributed by atoms with Crippen LogP contribution < -0.4 is 5.73 Å². The lowest BCUT2D eigenvalue weighted by Gasteiger charge is -2.08. The predicted molar refractivity (Wildman–Crippen MR) is 63.3 cm³/mol. The zero-order valence-electron chi connectivity index (χ0n) is 9.52. The summed E-state index contributed by atoms with van der Waals surface area (Å²) in [5.74, 6) is 0.193. The monoisotopic (exact) mass is 291 g/mol. The van der Waals surface area contributed by atoms with Gasteiger partial charge in [0.25, 0.3) is 0 Å². The summed E-state index contributed by atoms with van der Waals surface area (Å²) < 4.78 is 37.6. The van der Waals surface area contributed by atoms with Gasteiger partial charge in [-0.2, -0.15) is 13.2 Å². The molecule has 0 saturated heterocycles. The van der Waals surface area contributed by atoms with Crippen LogP contribution in [0.15, 0.2) is 18.2 Å². The number of nitrogen functional groups attached to an aromatic ring is 1. The second-order valence-corrected chi connectivity index (χ2v) is 4.30. The molecule has 0 saturated carbocycles. The lowest BCUT2D eigenvalue weighted by Crippen LogP contribution is -2.14. The van der Waals surface area contributed by atoms with Crippen molar-refractivity contribution in [2.24, 2.45) is 0 Å². The number of alkyl halides is 3.